The highest BCUT2D eigenvalue weighted by Gasteiger charge is 2.21. The van der Waals surface area contributed by atoms with Gasteiger partial charge >= 0.3 is 0 Å². The number of morpholine rings is 1. The lowest BCUT2D eigenvalue weighted by atomic mass is 10.2. The number of ether oxygens (including phenoxy) is 1. The van der Waals surface area contributed by atoms with Gasteiger partial charge in [0.25, 0.3) is 5.91 Å². The van der Waals surface area contributed by atoms with Crippen molar-refractivity contribution in [3.05, 3.63) is 24.2 Å². The first kappa shape index (κ1) is 14.1. The molecule has 0 radical (unpaired) electrons. The number of hydrogen-bond acceptors (Lipinski definition) is 4. The van der Waals surface area contributed by atoms with E-state index in [0.29, 0.717) is 24.3 Å². The van der Waals surface area contributed by atoms with E-state index in [-0.39, 0.29) is 5.91 Å². The van der Waals surface area contributed by atoms with Crippen molar-refractivity contribution < 1.29 is 13.9 Å². The summed E-state index contributed by atoms with van der Waals surface area (Å²) in [5.74, 6) is -0.0718. The van der Waals surface area contributed by atoms with E-state index >= 15 is 0 Å². The third kappa shape index (κ3) is 4.36. The van der Waals surface area contributed by atoms with Gasteiger partial charge in [-0.1, -0.05) is 0 Å². The van der Waals surface area contributed by atoms with Crippen LogP contribution in [0.1, 0.15) is 30.6 Å². The zero-order valence-electron chi connectivity index (χ0n) is 11.6. The summed E-state index contributed by atoms with van der Waals surface area (Å²) in [5.41, 5.74) is 0.577. The largest absolute Gasteiger partial charge is 0.472 e. The van der Waals surface area contributed by atoms with Crippen LogP contribution in [0.4, 0.5) is 0 Å². The van der Waals surface area contributed by atoms with E-state index in [0.717, 1.165) is 26.1 Å². The van der Waals surface area contributed by atoms with Crippen LogP contribution < -0.4 is 5.32 Å². The second kappa shape index (κ2) is 6.73. The number of nitrogens with zero attached hydrogens (tertiary/aromatic N) is 1. The lowest BCUT2D eigenvalue weighted by Gasteiger charge is -2.35. The minimum absolute atomic E-state index is 0.0718. The molecule has 1 aromatic heterocycles. The maximum Gasteiger partial charge on any atom is 0.254 e. The first-order valence-electron chi connectivity index (χ1n) is 6.83. The van der Waals surface area contributed by atoms with Crippen LogP contribution in [0.25, 0.3) is 0 Å². The predicted octanol–water partition coefficient (Wildman–Crippen LogP) is 1.51. The molecule has 0 unspecified atom stereocenters. The Morgan fingerprint density at radius 1 is 1.42 bits per heavy atom. The lowest BCUT2D eigenvalue weighted by Crippen LogP contribution is -2.46. The van der Waals surface area contributed by atoms with E-state index in [1.54, 1.807) is 6.07 Å². The third-order valence-corrected chi connectivity index (χ3v) is 3.22. The first-order chi connectivity index (χ1) is 9.15. The van der Waals surface area contributed by atoms with Crippen molar-refractivity contribution in [3.8, 4) is 0 Å². The molecule has 5 heteroatoms. The fraction of sp³-hybridized carbons (Fsp3) is 0.643. The SMILES string of the molecule is C[C@@H]1CN(CCCNC(=O)c2ccoc2)C[C@@H](C)O1. The fourth-order valence-electron chi connectivity index (χ4n) is 2.47. The first-order valence-corrected chi connectivity index (χ1v) is 6.83. The van der Waals surface area contributed by atoms with E-state index in [1.807, 2.05) is 0 Å². The van der Waals surface area contributed by atoms with Gasteiger partial charge in [-0.2, -0.15) is 0 Å². The molecule has 106 valence electrons. The van der Waals surface area contributed by atoms with E-state index < -0.39 is 0 Å². The van der Waals surface area contributed by atoms with Crippen molar-refractivity contribution in [2.24, 2.45) is 0 Å². The summed E-state index contributed by atoms with van der Waals surface area (Å²) in [6.07, 6.45) is 4.50. The van der Waals surface area contributed by atoms with Gasteiger partial charge in [-0.15, -0.1) is 0 Å². The molecule has 19 heavy (non-hydrogen) atoms. The molecular formula is C14H22N2O3. The molecule has 1 amide bonds. The van der Waals surface area contributed by atoms with Gasteiger partial charge in [0.05, 0.1) is 24.0 Å². The molecule has 2 heterocycles. The average molecular weight is 266 g/mol. The van der Waals surface area contributed by atoms with Crippen molar-refractivity contribution >= 4 is 5.91 Å². The number of rotatable bonds is 5. The molecule has 0 saturated carbocycles. The predicted molar refractivity (Wildman–Crippen MR) is 72.1 cm³/mol. The van der Waals surface area contributed by atoms with Gasteiger partial charge in [0.2, 0.25) is 0 Å². The molecule has 2 atom stereocenters. The van der Waals surface area contributed by atoms with Crippen molar-refractivity contribution in [1.29, 1.82) is 0 Å². The Morgan fingerprint density at radius 3 is 2.79 bits per heavy atom. The number of hydrogen-bond donors (Lipinski definition) is 1. The monoisotopic (exact) mass is 266 g/mol. The number of nitrogens with one attached hydrogen (secondary N) is 1. The van der Waals surface area contributed by atoms with Gasteiger partial charge in [0.1, 0.15) is 6.26 Å². The molecule has 0 aromatic carbocycles. The van der Waals surface area contributed by atoms with Crippen LogP contribution in [-0.4, -0.2) is 49.2 Å². The molecule has 0 spiro atoms. The van der Waals surface area contributed by atoms with Crippen molar-refractivity contribution in [2.45, 2.75) is 32.5 Å². The van der Waals surface area contributed by atoms with Crippen LogP contribution in [0, 0.1) is 0 Å². The summed E-state index contributed by atoms with van der Waals surface area (Å²) in [6, 6.07) is 1.67. The molecule has 0 bridgehead atoms. The smallest absolute Gasteiger partial charge is 0.254 e. The van der Waals surface area contributed by atoms with Crippen molar-refractivity contribution in [2.75, 3.05) is 26.2 Å². The zero-order valence-corrected chi connectivity index (χ0v) is 11.6. The van der Waals surface area contributed by atoms with Crippen LogP contribution in [0.5, 0.6) is 0 Å². The lowest BCUT2D eigenvalue weighted by molar-refractivity contribution is -0.0679. The number of amides is 1. The van der Waals surface area contributed by atoms with Crippen molar-refractivity contribution in [3.63, 3.8) is 0 Å². The van der Waals surface area contributed by atoms with E-state index in [9.17, 15) is 4.79 Å². The Morgan fingerprint density at radius 2 is 2.16 bits per heavy atom. The Kier molecular flexibility index (Phi) is 4.99. The minimum Gasteiger partial charge on any atom is -0.472 e. The van der Waals surface area contributed by atoms with Gasteiger partial charge in [-0.05, 0) is 26.3 Å². The third-order valence-electron chi connectivity index (χ3n) is 3.22. The molecular weight excluding hydrogens is 244 g/mol. The average Bonchev–Trinajstić information content (AvgIpc) is 2.87. The van der Waals surface area contributed by atoms with Crippen LogP contribution in [0.3, 0.4) is 0 Å². The molecule has 0 aliphatic carbocycles. The second-order valence-corrected chi connectivity index (χ2v) is 5.14. The van der Waals surface area contributed by atoms with Crippen LogP contribution >= 0.6 is 0 Å². The summed E-state index contributed by atoms with van der Waals surface area (Å²) in [5, 5.41) is 2.89. The van der Waals surface area contributed by atoms with Gasteiger partial charge in [-0.3, -0.25) is 9.69 Å². The number of carbonyl (C=O) groups is 1. The molecule has 1 aliphatic heterocycles. The Hall–Kier alpha value is -1.33. The maximum atomic E-state index is 11.7. The summed E-state index contributed by atoms with van der Waals surface area (Å²) in [7, 11) is 0. The summed E-state index contributed by atoms with van der Waals surface area (Å²) in [4.78, 5) is 14.0. The van der Waals surface area contributed by atoms with Gasteiger partial charge in [-0.25, -0.2) is 0 Å². The second-order valence-electron chi connectivity index (χ2n) is 5.14. The highest BCUT2D eigenvalue weighted by molar-refractivity contribution is 5.93. The molecule has 1 saturated heterocycles. The standard InChI is InChI=1S/C14H22N2O3/c1-11-8-16(9-12(2)19-11)6-3-5-15-14(17)13-4-7-18-10-13/h4,7,10-12H,3,5-6,8-9H2,1-2H3,(H,15,17)/t11-,12-/m1/s1. The molecule has 1 fully saturated rings. The van der Waals surface area contributed by atoms with Crippen LogP contribution in [0.15, 0.2) is 23.0 Å². The Bertz CT molecular complexity index is 381. The van der Waals surface area contributed by atoms with Crippen LogP contribution in [-0.2, 0) is 4.74 Å². The van der Waals surface area contributed by atoms with Crippen molar-refractivity contribution in [1.82, 2.24) is 10.2 Å². The number of carbonyl (C=O) groups excluding carboxylic acids is 1. The van der Waals surface area contributed by atoms with E-state index in [1.165, 1.54) is 12.5 Å². The van der Waals surface area contributed by atoms with Gasteiger partial charge in [0.15, 0.2) is 0 Å². The summed E-state index contributed by atoms with van der Waals surface area (Å²) >= 11 is 0. The molecule has 1 aromatic rings. The van der Waals surface area contributed by atoms with E-state index in [2.05, 4.69) is 24.1 Å². The van der Waals surface area contributed by atoms with Gasteiger partial charge in [0, 0.05) is 26.2 Å². The quantitative estimate of drug-likeness (QED) is 0.821. The molecule has 1 aliphatic rings. The van der Waals surface area contributed by atoms with E-state index in [4.69, 9.17) is 9.15 Å². The number of furan rings is 1. The Balaban J connectivity index is 1.63. The van der Waals surface area contributed by atoms with Gasteiger partial charge < -0.3 is 14.5 Å². The highest BCUT2D eigenvalue weighted by Crippen LogP contribution is 2.10. The maximum absolute atomic E-state index is 11.7. The highest BCUT2D eigenvalue weighted by atomic mass is 16.5. The zero-order chi connectivity index (χ0) is 13.7. The minimum atomic E-state index is -0.0718. The molecule has 1 N–H and O–H groups in total. The fourth-order valence-corrected chi connectivity index (χ4v) is 2.47. The van der Waals surface area contributed by atoms with Crippen LogP contribution in [0.2, 0.25) is 0 Å². The molecule has 2 rings (SSSR count). The normalized spacial score (nSPS) is 24.3. The molecule has 5 nitrogen and oxygen atoms in total. The topological polar surface area (TPSA) is 54.7 Å². The summed E-state index contributed by atoms with van der Waals surface area (Å²) < 4.78 is 10.6. The summed E-state index contributed by atoms with van der Waals surface area (Å²) in [6.45, 7) is 7.82. The Labute approximate surface area is 113 Å².